The first-order valence-electron chi connectivity index (χ1n) is 30.5. The molecule has 0 spiro atoms. The topological polar surface area (TPSA) is 149 Å². The molecule has 0 aromatic heterocycles. The number of hydrogen-bond donors (Lipinski definition) is 6. The van der Waals surface area contributed by atoms with Gasteiger partial charge in [-0.15, -0.1) is 0 Å². The van der Waals surface area contributed by atoms with E-state index >= 15 is 0 Å². The van der Waals surface area contributed by atoms with Crippen molar-refractivity contribution in [1.29, 1.82) is 0 Å². The molecular weight excluding hydrogens is 923 g/mol. The minimum Gasteiger partial charge on any atom is -0.394 e. The molecule has 0 saturated carbocycles. The maximum absolute atomic E-state index is 13.1. The van der Waals surface area contributed by atoms with E-state index in [0.29, 0.717) is 6.42 Å². The quantitative estimate of drug-likeness (QED) is 0.0261. The summed E-state index contributed by atoms with van der Waals surface area (Å²) >= 11 is 0. The number of carbonyl (C=O) groups excluding carboxylic acids is 1. The van der Waals surface area contributed by atoms with Crippen LogP contribution in [-0.2, 0) is 14.3 Å². The first kappa shape index (κ1) is 69.1. The molecule has 9 nitrogen and oxygen atoms in total. The van der Waals surface area contributed by atoms with Crippen LogP contribution in [0.15, 0.2) is 97.2 Å². The van der Waals surface area contributed by atoms with Crippen molar-refractivity contribution in [1.82, 2.24) is 5.32 Å². The Bertz CT molecular complexity index is 1480. The fourth-order valence-corrected chi connectivity index (χ4v) is 9.10. The van der Waals surface area contributed by atoms with Crippen LogP contribution in [0, 0.1) is 0 Å². The predicted octanol–water partition coefficient (Wildman–Crippen LogP) is 15.6. The lowest BCUT2D eigenvalue weighted by atomic mass is 9.99. The number of aliphatic hydroxyl groups excluding tert-OH is 5. The largest absolute Gasteiger partial charge is 0.394 e. The zero-order valence-corrected chi connectivity index (χ0v) is 47.3. The molecule has 1 aliphatic rings. The van der Waals surface area contributed by atoms with Gasteiger partial charge in [0.1, 0.15) is 24.4 Å². The predicted molar refractivity (Wildman–Crippen MR) is 313 cm³/mol. The molecule has 74 heavy (non-hydrogen) atoms. The summed E-state index contributed by atoms with van der Waals surface area (Å²) in [5.41, 5.74) is 0. The van der Waals surface area contributed by atoms with E-state index < -0.39 is 49.5 Å². The zero-order chi connectivity index (χ0) is 53.6. The molecule has 7 atom stereocenters. The van der Waals surface area contributed by atoms with E-state index in [4.69, 9.17) is 9.47 Å². The molecule has 0 aliphatic carbocycles. The number of rotatable bonds is 51. The van der Waals surface area contributed by atoms with E-state index in [9.17, 15) is 30.3 Å². The van der Waals surface area contributed by atoms with Gasteiger partial charge >= 0.3 is 0 Å². The van der Waals surface area contributed by atoms with Gasteiger partial charge in [0, 0.05) is 6.42 Å². The van der Waals surface area contributed by atoms with E-state index in [2.05, 4.69) is 104 Å². The summed E-state index contributed by atoms with van der Waals surface area (Å²) in [5, 5.41) is 54.6. The van der Waals surface area contributed by atoms with Gasteiger partial charge in [0.2, 0.25) is 5.91 Å². The number of hydrogen-bond acceptors (Lipinski definition) is 8. The van der Waals surface area contributed by atoms with E-state index in [1.807, 2.05) is 6.08 Å². The number of unbranched alkanes of at least 4 members (excludes halogenated alkanes) is 27. The van der Waals surface area contributed by atoms with Crippen molar-refractivity contribution >= 4 is 5.91 Å². The average Bonchev–Trinajstić information content (AvgIpc) is 3.40. The first-order chi connectivity index (χ1) is 36.3. The zero-order valence-electron chi connectivity index (χ0n) is 47.3. The Morgan fingerprint density at radius 2 is 0.851 bits per heavy atom. The van der Waals surface area contributed by atoms with Crippen LogP contribution in [0.5, 0.6) is 0 Å². The Balaban J connectivity index is 2.26. The third-order valence-electron chi connectivity index (χ3n) is 13.9. The second-order valence-electron chi connectivity index (χ2n) is 20.7. The standard InChI is InChI=1S/C65H113NO8/c1-3-5-7-9-11-13-15-17-19-21-23-25-27-29-31-32-34-36-38-40-42-44-46-48-50-52-54-59(68)58(57-73-65-64(72)63(71)62(70)60(56-67)74-65)66-61(69)55-53-51-49-47-45-43-41-39-37-35-33-30-28-26-24-22-20-18-16-14-12-10-8-6-4-2/h6,8,12,14,18,20,24,26,30,33,36,38,44,46,52,54,58-60,62-65,67-68,70-72H,3-5,7,9-11,13,15-17,19,21-23,25,27-29,31-32,34-35,37,39-43,45,47-51,53,55-57H2,1-2H3,(H,66,69)/b8-6-,14-12-,20-18-,26-24-,33-30-,38-36+,46-44+,54-52+. The highest BCUT2D eigenvalue weighted by Gasteiger charge is 2.44. The maximum atomic E-state index is 13.1. The van der Waals surface area contributed by atoms with Gasteiger partial charge in [-0.25, -0.2) is 0 Å². The van der Waals surface area contributed by atoms with E-state index in [-0.39, 0.29) is 12.5 Å². The van der Waals surface area contributed by atoms with E-state index in [0.717, 1.165) is 89.9 Å². The lowest BCUT2D eigenvalue weighted by Gasteiger charge is -2.40. The Hall–Kier alpha value is -2.89. The fourth-order valence-electron chi connectivity index (χ4n) is 9.10. The lowest BCUT2D eigenvalue weighted by molar-refractivity contribution is -0.302. The molecular formula is C65H113NO8. The van der Waals surface area contributed by atoms with Crippen molar-refractivity contribution in [3.63, 3.8) is 0 Å². The van der Waals surface area contributed by atoms with Crippen LogP contribution in [-0.4, -0.2) is 87.5 Å². The highest BCUT2D eigenvalue weighted by molar-refractivity contribution is 5.76. The molecule has 0 radical (unpaired) electrons. The molecule has 1 fully saturated rings. The molecule has 7 unspecified atom stereocenters. The van der Waals surface area contributed by atoms with Gasteiger partial charge in [0.15, 0.2) is 6.29 Å². The van der Waals surface area contributed by atoms with Crippen LogP contribution >= 0.6 is 0 Å². The van der Waals surface area contributed by atoms with Gasteiger partial charge in [0.25, 0.3) is 0 Å². The number of aliphatic hydroxyl groups is 5. The number of nitrogens with one attached hydrogen (secondary N) is 1. The average molecular weight is 1040 g/mol. The first-order valence-corrected chi connectivity index (χ1v) is 30.5. The molecule has 426 valence electrons. The maximum Gasteiger partial charge on any atom is 0.220 e. The molecule has 6 N–H and O–H groups in total. The Kier molecular flexibility index (Phi) is 50.0. The molecule has 0 bridgehead atoms. The van der Waals surface area contributed by atoms with E-state index in [1.165, 1.54) is 141 Å². The lowest BCUT2D eigenvalue weighted by Crippen LogP contribution is -2.60. The van der Waals surface area contributed by atoms with Crippen molar-refractivity contribution in [2.75, 3.05) is 13.2 Å². The third-order valence-corrected chi connectivity index (χ3v) is 13.9. The summed E-state index contributed by atoms with van der Waals surface area (Å²) in [6.45, 7) is 3.65. The van der Waals surface area contributed by atoms with Crippen molar-refractivity contribution in [2.45, 2.75) is 294 Å². The number of carbonyl (C=O) groups is 1. The summed E-state index contributed by atoms with van der Waals surface area (Å²) in [6, 6.07) is -0.839. The molecule has 0 aromatic carbocycles. The van der Waals surface area contributed by atoms with Gasteiger partial charge in [-0.2, -0.15) is 0 Å². The molecule has 1 heterocycles. The minimum atomic E-state index is -1.58. The second-order valence-corrected chi connectivity index (χ2v) is 20.7. The van der Waals surface area contributed by atoms with Gasteiger partial charge in [-0.3, -0.25) is 4.79 Å². The second kappa shape index (κ2) is 53.5. The van der Waals surface area contributed by atoms with Gasteiger partial charge in [-0.05, 0) is 89.9 Å². The van der Waals surface area contributed by atoms with Crippen molar-refractivity contribution in [2.24, 2.45) is 0 Å². The van der Waals surface area contributed by atoms with E-state index in [1.54, 1.807) is 6.08 Å². The summed E-state index contributed by atoms with van der Waals surface area (Å²) in [7, 11) is 0. The minimum absolute atomic E-state index is 0.200. The number of ether oxygens (including phenoxy) is 2. The Labute approximate surface area is 453 Å². The van der Waals surface area contributed by atoms with Crippen LogP contribution < -0.4 is 5.32 Å². The van der Waals surface area contributed by atoms with Gasteiger partial charge in [0.05, 0.1) is 25.4 Å². The molecule has 1 saturated heterocycles. The van der Waals surface area contributed by atoms with Crippen LogP contribution in [0.1, 0.15) is 251 Å². The van der Waals surface area contributed by atoms with Crippen LogP contribution in [0.25, 0.3) is 0 Å². The summed E-state index contributed by atoms with van der Waals surface area (Å²) < 4.78 is 11.3. The van der Waals surface area contributed by atoms with Gasteiger partial charge < -0.3 is 40.3 Å². The summed E-state index contributed by atoms with van der Waals surface area (Å²) in [6.07, 6.45) is 70.5. The smallest absolute Gasteiger partial charge is 0.220 e. The van der Waals surface area contributed by atoms with Gasteiger partial charge in [-0.1, -0.05) is 252 Å². The molecule has 1 aliphatic heterocycles. The summed E-state index contributed by atoms with van der Waals surface area (Å²) in [5.74, 6) is -0.200. The van der Waals surface area contributed by atoms with Crippen molar-refractivity contribution in [3.05, 3.63) is 97.2 Å². The highest BCUT2D eigenvalue weighted by Crippen LogP contribution is 2.23. The molecule has 1 rings (SSSR count). The normalized spacial score (nSPS) is 19.7. The van der Waals surface area contributed by atoms with Crippen molar-refractivity contribution in [3.8, 4) is 0 Å². The number of allylic oxidation sites excluding steroid dienone is 15. The molecule has 9 heteroatoms. The molecule has 0 aromatic rings. The van der Waals surface area contributed by atoms with Crippen LogP contribution in [0.3, 0.4) is 0 Å². The highest BCUT2D eigenvalue weighted by atomic mass is 16.7. The molecule has 1 amide bonds. The van der Waals surface area contributed by atoms with Crippen LogP contribution in [0.4, 0.5) is 0 Å². The third kappa shape index (κ3) is 42.2. The SMILES string of the molecule is CC/C=C\C/C=C\C/C=C\C/C=C\C/C=C\CCCCCCCCCCCC(=O)NC(COC1OC(CO)C(O)C(O)C1O)C(O)/C=C/CC/C=C/CC/C=C/CCCCCCCCCCCCCCCCCC. The fraction of sp³-hybridized carbons (Fsp3) is 0.738. The summed E-state index contributed by atoms with van der Waals surface area (Å²) in [4.78, 5) is 13.1. The Morgan fingerprint density at radius 1 is 0.473 bits per heavy atom. The number of amides is 1. The van der Waals surface area contributed by atoms with Crippen LogP contribution in [0.2, 0.25) is 0 Å². The van der Waals surface area contributed by atoms with Crippen molar-refractivity contribution < 1.29 is 39.8 Å². The Morgan fingerprint density at radius 3 is 1.30 bits per heavy atom. The monoisotopic (exact) mass is 1040 g/mol.